The van der Waals surface area contributed by atoms with Gasteiger partial charge in [0.2, 0.25) is 0 Å². The van der Waals surface area contributed by atoms with Crippen LogP contribution < -0.4 is 9.47 Å². The second-order valence-electron chi connectivity index (χ2n) is 4.12. The average molecular weight is 312 g/mol. The maximum atomic E-state index is 13.8. The first-order valence-electron chi connectivity index (χ1n) is 5.90. The number of nitro benzene ring substituents is 1. The maximum Gasteiger partial charge on any atom is 0.311 e. The summed E-state index contributed by atoms with van der Waals surface area (Å²) < 4.78 is 24.0. The molecule has 5 nitrogen and oxygen atoms in total. The zero-order valence-corrected chi connectivity index (χ0v) is 11.8. The third-order valence-corrected chi connectivity index (χ3v) is 3.00. The van der Waals surface area contributed by atoms with Crippen LogP contribution in [0.2, 0.25) is 5.02 Å². The molecule has 0 spiro atoms. The third kappa shape index (κ3) is 3.61. The molecule has 0 saturated carbocycles. The summed E-state index contributed by atoms with van der Waals surface area (Å²) in [5.74, 6) is -0.147. The summed E-state index contributed by atoms with van der Waals surface area (Å²) in [6.07, 6.45) is 0. The molecule has 0 amide bonds. The first kappa shape index (κ1) is 15.1. The molecule has 0 aromatic heterocycles. The van der Waals surface area contributed by atoms with E-state index in [2.05, 4.69) is 0 Å². The Morgan fingerprint density at radius 1 is 1.29 bits per heavy atom. The van der Waals surface area contributed by atoms with Crippen LogP contribution in [0.15, 0.2) is 36.4 Å². The highest BCUT2D eigenvalue weighted by Crippen LogP contribution is 2.31. The Bertz CT molecular complexity index is 678. The van der Waals surface area contributed by atoms with E-state index in [0.29, 0.717) is 10.8 Å². The molecule has 21 heavy (non-hydrogen) atoms. The van der Waals surface area contributed by atoms with Gasteiger partial charge < -0.3 is 9.47 Å². The summed E-state index contributed by atoms with van der Waals surface area (Å²) in [5, 5.41) is 11.2. The van der Waals surface area contributed by atoms with Crippen LogP contribution in [0.4, 0.5) is 10.1 Å². The smallest absolute Gasteiger partial charge is 0.311 e. The quantitative estimate of drug-likeness (QED) is 0.619. The third-order valence-electron chi connectivity index (χ3n) is 2.76. The van der Waals surface area contributed by atoms with Gasteiger partial charge in [-0.05, 0) is 18.2 Å². The van der Waals surface area contributed by atoms with E-state index in [9.17, 15) is 14.5 Å². The van der Waals surface area contributed by atoms with Crippen LogP contribution in [0.1, 0.15) is 5.56 Å². The molecular weight excluding hydrogens is 301 g/mol. The highest BCUT2D eigenvalue weighted by atomic mass is 35.5. The summed E-state index contributed by atoms with van der Waals surface area (Å²) in [6.45, 7) is -0.156. The molecule has 0 atom stereocenters. The molecular formula is C14H11ClFNO4. The van der Waals surface area contributed by atoms with Gasteiger partial charge in [0.05, 0.1) is 12.0 Å². The van der Waals surface area contributed by atoms with Gasteiger partial charge in [-0.25, -0.2) is 4.39 Å². The molecule has 0 radical (unpaired) electrons. The summed E-state index contributed by atoms with van der Waals surface area (Å²) in [7, 11) is 1.43. The van der Waals surface area contributed by atoms with Crippen molar-refractivity contribution >= 4 is 17.3 Å². The first-order valence-corrected chi connectivity index (χ1v) is 6.28. The fraction of sp³-hybridized carbons (Fsp3) is 0.143. The minimum atomic E-state index is -0.587. The molecule has 2 rings (SSSR count). The molecule has 0 heterocycles. The molecule has 0 N–H and O–H groups in total. The van der Waals surface area contributed by atoms with Gasteiger partial charge in [0.25, 0.3) is 0 Å². The van der Waals surface area contributed by atoms with Gasteiger partial charge in [0, 0.05) is 28.8 Å². The lowest BCUT2D eigenvalue weighted by Gasteiger charge is -2.09. The van der Waals surface area contributed by atoms with E-state index >= 15 is 0 Å². The minimum Gasteiger partial charge on any atom is -0.497 e. The Kier molecular flexibility index (Phi) is 4.59. The van der Waals surface area contributed by atoms with E-state index in [4.69, 9.17) is 21.1 Å². The number of methoxy groups -OCH3 is 1. The molecule has 0 saturated heterocycles. The van der Waals surface area contributed by atoms with Gasteiger partial charge in [-0.2, -0.15) is 0 Å². The molecule has 110 valence electrons. The van der Waals surface area contributed by atoms with Crippen LogP contribution in [0.25, 0.3) is 0 Å². The van der Waals surface area contributed by atoms with Crippen molar-refractivity contribution in [1.82, 2.24) is 0 Å². The van der Waals surface area contributed by atoms with Gasteiger partial charge >= 0.3 is 5.69 Å². The number of nitrogens with zero attached hydrogens (tertiary/aromatic N) is 1. The molecule has 2 aromatic carbocycles. The number of hydrogen-bond donors (Lipinski definition) is 0. The van der Waals surface area contributed by atoms with Gasteiger partial charge in [-0.15, -0.1) is 0 Å². The van der Waals surface area contributed by atoms with Crippen molar-refractivity contribution in [2.75, 3.05) is 7.11 Å². The maximum absolute atomic E-state index is 13.8. The van der Waals surface area contributed by atoms with Gasteiger partial charge in [-0.1, -0.05) is 11.6 Å². The number of ether oxygens (including phenoxy) is 2. The molecule has 2 aromatic rings. The van der Waals surface area contributed by atoms with Gasteiger partial charge in [-0.3, -0.25) is 10.1 Å². The lowest BCUT2D eigenvalue weighted by molar-refractivity contribution is -0.385. The van der Waals surface area contributed by atoms with Crippen molar-refractivity contribution in [1.29, 1.82) is 0 Å². The summed E-state index contributed by atoms with van der Waals surface area (Å²) >= 11 is 5.78. The predicted octanol–water partition coefficient (Wildman–Crippen LogP) is 3.97. The van der Waals surface area contributed by atoms with Crippen molar-refractivity contribution in [2.45, 2.75) is 6.61 Å². The predicted molar refractivity (Wildman–Crippen MR) is 75.4 cm³/mol. The normalized spacial score (nSPS) is 10.2. The molecule has 0 aliphatic heterocycles. The Morgan fingerprint density at radius 3 is 2.67 bits per heavy atom. The number of hydrogen-bond acceptors (Lipinski definition) is 4. The van der Waals surface area contributed by atoms with E-state index in [1.54, 1.807) is 6.07 Å². The van der Waals surface area contributed by atoms with E-state index in [0.717, 1.165) is 0 Å². The van der Waals surface area contributed by atoms with Crippen LogP contribution >= 0.6 is 11.6 Å². The highest BCUT2D eigenvalue weighted by Gasteiger charge is 2.16. The number of halogens is 2. The van der Waals surface area contributed by atoms with Gasteiger partial charge in [0.1, 0.15) is 18.2 Å². The van der Waals surface area contributed by atoms with Crippen LogP contribution in [-0.4, -0.2) is 12.0 Å². The Labute approximate surface area is 125 Å². The van der Waals surface area contributed by atoms with Crippen molar-refractivity contribution in [3.8, 4) is 11.5 Å². The van der Waals surface area contributed by atoms with Crippen molar-refractivity contribution in [3.05, 3.63) is 62.9 Å². The second-order valence-corrected chi connectivity index (χ2v) is 4.55. The molecule has 0 aliphatic rings. The summed E-state index contributed by atoms with van der Waals surface area (Å²) in [5.41, 5.74) is 0.0263. The molecule has 7 heteroatoms. The van der Waals surface area contributed by atoms with E-state index in [-0.39, 0.29) is 23.6 Å². The zero-order chi connectivity index (χ0) is 15.4. The largest absolute Gasteiger partial charge is 0.497 e. The lowest BCUT2D eigenvalue weighted by Crippen LogP contribution is -2.01. The van der Waals surface area contributed by atoms with Crippen molar-refractivity contribution in [3.63, 3.8) is 0 Å². The Morgan fingerprint density at radius 2 is 2.05 bits per heavy atom. The topological polar surface area (TPSA) is 61.6 Å². The minimum absolute atomic E-state index is 0.0114. The fourth-order valence-electron chi connectivity index (χ4n) is 1.68. The average Bonchev–Trinajstić information content (AvgIpc) is 2.45. The van der Waals surface area contributed by atoms with E-state index < -0.39 is 10.7 Å². The van der Waals surface area contributed by atoms with E-state index in [1.807, 2.05) is 0 Å². The SMILES string of the molecule is COc1ccc(COc2cc(Cl)ccc2[N+](=O)[O-])c(F)c1. The van der Waals surface area contributed by atoms with Crippen LogP contribution in [0, 0.1) is 15.9 Å². The van der Waals surface area contributed by atoms with Crippen molar-refractivity contribution < 1.29 is 18.8 Å². The number of rotatable bonds is 5. The standard InChI is InChI=1S/C14H11ClFNO4/c1-20-11-4-2-9(12(16)7-11)8-21-14-6-10(15)3-5-13(14)17(18)19/h2-7H,8H2,1H3. The number of nitro groups is 1. The van der Waals surface area contributed by atoms with Crippen molar-refractivity contribution in [2.24, 2.45) is 0 Å². The first-order chi connectivity index (χ1) is 10.0. The van der Waals surface area contributed by atoms with Crippen LogP contribution in [0.3, 0.4) is 0 Å². The molecule has 0 fully saturated rings. The lowest BCUT2D eigenvalue weighted by atomic mass is 10.2. The fourth-order valence-corrected chi connectivity index (χ4v) is 1.84. The molecule has 0 unspecified atom stereocenters. The molecule has 0 bridgehead atoms. The number of benzene rings is 2. The highest BCUT2D eigenvalue weighted by molar-refractivity contribution is 6.30. The second kappa shape index (κ2) is 6.41. The van der Waals surface area contributed by atoms with Crippen LogP contribution in [0.5, 0.6) is 11.5 Å². The van der Waals surface area contributed by atoms with Gasteiger partial charge in [0.15, 0.2) is 5.75 Å². The summed E-state index contributed by atoms with van der Waals surface area (Å²) in [4.78, 5) is 10.3. The molecule has 0 aliphatic carbocycles. The van der Waals surface area contributed by atoms with Crippen LogP contribution in [-0.2, 0) is 6.61 Å². The summed E-state index contributed by atoms with van der Waals surface area (Å²) in [6, 6.07) is 8.23. The zero-order valence-electron chi connectivity index (χ0n) is 11.0. The van der Waals surface area contributed by atoms with E-state index in [1.165, 1.54) is 37.4 Å². The Balaban J connectivity index is 2.20. The Hall–Kier alpha value is -2.34. The monoisotopic (exact) mass is 311 g/mol.